The molecule has 0 unspecified atom stereocenters. The zero-order valence-electron chi connectivity index (χ0n) is 16.0. The summed E-state index contributed by atoms with van der Waals surface area (Å²) in [6, 6.07) is 7.92. The fourth-order valence-corrected chi connectivity index (χ4v) is 3.11. The molecule has 130 valence electrons. The molecule has 0 heterocycles. The molecule has 0 spiro atoms. The first-order valence-corrected chi connectivity index (χ1v) is 8.49. The van der Waals surface area contributed by atoms with Crippen LogP contribution in [0.25, 0.3) is 0 Å². The lowest BCUT2D eigenvalue weighted by Crippen LogP contribution is -2.50. The van der Waals surface area contributed by atoms with Gasteiger partial charge in [-0.25, -0.2) is 0 Å². The highest BCUT2D eigenvalue weighted by molar-refractivity contribution is 5.81. The molecule has 0 aromatic heterocycles. The van der Waals surface area contributed by atoms with Gasteiger partial charge in [0.05, 0.1) is 0 Å². The Labute approximate surface area is 141 Å². The number of ether oxygens (including phenoxy) is 1. The second-order valence-corrected chi connectivity index (χ2v) is 8.56. The molecule has 3 heteroatoms. The maximum Gasteiger partial charge on any atom is 0.261 e. The van der Waals surface area contributed by atoms with Crippen molar-refractivity contribution >= 4 is 5.91 Å². The fraction of sp³-hybridized carbons (Fsp3) is 0.650. The van der Waals surface area contributed by atoms with Gasteiger partial charge in [-0.05, 0) is 50.2 Å². The van der Waals surface area contributed by atoms with E-state index in [0.29, 0.717) is 5.92 Å². The Morgan fingerprint density at radius 3 is 2.17 bits per heavy atom. The first kappa shape index (κ1) is 19.5. The standard InChI is InChI=1S/C20H33NO2/c1-14(2)16-11-9-10-12-17(16)23-15(3)18(22)21-20(7,8)13-19(4,5)6/h9-12,14-15H,13H2,1-8H3,(H,21,22)/t15-/m0/s1. The molecular formula is C20H33NO2. The number of carbonyl (C=O) groups excluding carboxylic acids is 1. The first-order valence-electron chi connectivity index (χ1n) is 8.49. The summed E-state index contributed by atoms with van der Waals surface area (Å²) in [5.41, 5.74) is 1.02. The van der Waals surface area contributed by atoms with Crippen LogP contribution >= 0.6 is 0 Å². The largest absolute Gasteiger partial charge is 0.481 e. The third kappa shape index (κ3) is 6.64. The molecule has 0 fully saturated rings. The maximum absolute atomic E-state index is 12.5. The van der Waals surface area contributed by atoms with Crippen LogP contribution in [-0.2, 0) is 4.79 Å². The summed E-state index contributed by atoms with van der Waals surface area (Å²) in [6.45, 7) is 16.7. The molecule has 0 aliphatic rings. The van der Waals surface area contributed by atoms with Crippen LogP contribution in [0.2, 0.25) is 0 Å². The van der Waals surface area contributed by atoms with Crippen molar-refractivity contribution in [3.8, 4) is 5.75 Å². The van der Waals surface area contributed by atoms with Gasteiger partial charge >= 0.3 is 0 Å². The van der Waals surface area contributed by atoms with Crippen LogP contribution in [0.4, 0.5) is 0 Å². The lowest BCUT2D eigenvalue weighted by atomic mass is 9.81. The molecule has 1 amide bonds. The van der Waals surface area contributed by atoms with Crippen LogP contribution in [0.15, 0.2) is 24.3 Å². The predicted molar refractivity (Wildman–Crippen MR) is 96.9 cm³/mol. The Balaban J connectivity index is 2.75. The van der Waals surface area contributed by atoms with Crippen LogP contribution in [0.5, 0.6) is 5.75 Å². The van der Waals surface area contributed by atoms with Gasteiger partial charge in [-0.1, -0.05) is 52.8 Å². The molecule has 0 bridgehead atoms. The topological polar surface area (TPSA) is 38.3 Å². The lowest BCUT2D eigenvalue weighted by molar-refractivity contribution is -0.129. The van der Waals surface area contributed by atoms with E-state index in [1.165, 1.54) is 0 Å². The number of hydrogen-bond donors (Lipinski definition) is 1. The molecule has 3 nitrogen and oxygen atoms in total. The zero-order chi connectivity index (χ0) is 17.8. The monoisotopic (exact) mass is 319 g/mol. The van der Waals surface area contributed by atoms with Gasteiger partial charge in [-0.2, -0.15) is 0 Å². The van der Waals surface area contributed by atoms with E-state index < -0.39 is 6.10 Å². The summed E-state index contributed by atoms with van der Waals surface area (Å²) in [5, 5.41) is 3.12. The number of nitrogens with one attached hydrogen (secondary N) is 1. The Bertz CT molecular complexity index is 527. The average Bonchev–Trinajstić information content (AvgIpc) is 2.35. The van der Waals surface area contributed by atoms with E-state index in [2.05, 4.69) is 53.8 Å². The van der Waals surface area contributed by atoms with Crippen LogP contribution in [0.3, 0.4) is 0 Å². The molecule has 0 aliphatic heterocycles. The number of rotatable bonds is 6. The van der Waals surface area contributed by atoms with Gasteiger partial charge in [0.2, 0.25) is 0 Å². The van der Waals surface area contributed by atoms with Gasteiger partial charge in [0.25, 0.3) is 5.91 Å². The van der Waals surface area contributed by atoms with Gasteiger partial charge in [0, 0.05) is 5.54 Å². The minimum Gasteiger partial charge on any atom is -0.481 e. The minimum absolute atomic E-state index is 0.0715. The summed E-state index contributed by atoms with van der Waals surface area (Å²) < 4.78 is 5.93. The molecule has 1 aromatic rings. The van der Waals surface area contributed by atoms with E-state index >= 15 is 0 Å². The molecule has 1 aromatic carbocycles. The summed E-state index contributed by atoms with van der Waals surface area (Å²) in [4.78, 5) is 12.5. The number of para-hydroxylation sites is 1. The van der Waals surface area contributed by atoms with Crippen LogP contribution in [0.1, 0.15) is 73.3 Å². The summed E-state index contributed by atoms with van der Waals surface area (Å²) >= 11 is 0. The third-order valence-electron chi connectivity index (χ3n) is 3.65. The van der Waals surface area contributed by atoms with Gasteiger partial charge in [-0.15, -0.1) is 0 Å². The summed E-state index contributed by atoms with van der Waals surface area (Å²) in [6.07, 6.45) is 0.384. The normalized spacial score (nSPS) is 13.8. The second kappa shape index (κ2) is 7.37. The smallest absolute Gasteiger partial charge is 0.261 e. The first-order chi connectivity index (χ1) is 10.4. The lowest BCUT2D eigenvalue weighted by Gasteiger charge is -2.34. The molecule has 23 heavy (non-hydrogen) atoms. The van der Waals surface area contributed by atoms with Crippen molar-refractivity contribution in [1.29, 1.82) is 0 Å². The number of carbonyl (C=O) groups is 1. The van der Waals surface area contributed by atoms with Gasteiger partial charge in [-0.3, -0.25) is 4.79 Å². The number of benzene rings is 1. The average molecular weight is 319 g/mol. The molecular weight excluding hydrogens is 286 g/mol. The Hall–Kier alpha value is -1.51. The van der Waals surface area contributed by atoms with E-state index in [0.717, 1.165) is 17.7 Å². The van der Waals surface area contributed by atoms with Crippen LogP contribution in [0, 0.1) is 5.41 Å². The van der Waals surface area contributed by atoms with Crippen molar-refractivity contribution in [2.75, 3.05) is 0 Å². The minimum atomic E-state index is -0.519. The predicted octanol–water partition coefficient (Wildman–Crippen LogP) is 4.91. The van der Waals surface area contributed by atoms with E-state index in [-0.39, 0.29) is 16.9 Å². The molecule has 0 radical (unpaired) electrons. The van der Waals surface area contributed by atoms with Crippen LogP contribution in [-0.4, -0.2) is 17.6 Å². The van der Waals surface area contributed by atoms with Crippen molar-refractivity contribution in [1.82, 2.24) is 5.32 Å². The van der Waals surface area contributed by atoms with Crippen molar-refractivity contribution in [3.05, 3.63) is 29.8 Å². The fourth-order valence-electron chi connectivity index (χ4n) is 3.11. The molecule has 0 aliphatic carbocycles. The molecule has 0 saturated heterocycles. The molecule has 1 N–H and O–H groups in total. The molecule has 1 atom stereocenters. The highest BCUT2D eigenvalue weighted by atomic mass is 16.5. The summed E-state index contributed by atoms with van der Waals surface area (Å²) in [5.74, 6) is 1.08. The second-order valence-electron chi connectivity index (χ2n) is 8.56. The van der Waals surface area contributed by atoms with E-state index in [1.54, 1.807) is 6.92 Å². The van der Waals surface area contributed by atoms with Crippen molar-refractivity contribution in [2.45, 2.75) is 79.4 Å². The van der Waals surface area contributed by atoms with E-state index in [9.17, 15) is 4.79 Å². The van der Waals surface area contributed by atoms with E-state index in [1.807, 2.05) is 24.3 Å². The van der Waals surface area contributed by atoms with Gasteiger partial charge in [0.1, 0.15) is 5.75 Å². The molecule has 1 rings (SSSR count). The maximum atomic E-state index is 12.5. The highest BCUT2D eigenvalue weighted by Gasteiger charge is 2.29. The van der Waals surface area contributed by atoms with Crippen LogP contribution < -0.4 is 10.1 Å². The van der Waals surface area contributed by atoms with Gasteiger partial charge < -0.3 is 10.1 Å². The van der Waals surface area contributed by atoms with Crippen molar-refractivity contribution in [2.24, 2.45) is 5.41 Å². The third-order valence-corrected chi connectivity index (χ3v) is 3.65. The highest BCUT2D eigenvalue weighted by Crippen LogP contribution is 2.28. The van der Waals surface area contributed by atoms with Crippen molar-refractivity contribution in [3.63, 3.8) is 0 Å². The zero-order valence-corrected chi connectivity index (χ0v) is 16.0. The quantitative estimate of drug-likeness (QED) is 0.809. The Morgan fingerprint density at radius 2 is 1.65 bits per heavy atom. The van der Waals surface area contributed by atoms with Crippen molar-refractivity contribution < 1.29 is 9.53 Å². The number of amides is 1. The van der Waals surface area contributed by atoms with Gasteiger partial charge in [0.15, 0.2) is 6.10 Å². The number of hydrogen-bond acceptors (Lipinski definition) is 2. The Morgan fingerprint density at radius 1 is 1.09 bits per heavy atom. The Kier molecular flexibility index (Phi) is 6.26. The summed E-state index contributed by atoms with van der Waals surface area (Å²) in [7, 11) is 0. The SMILES string of the molecule is CC(C)c1ccccc1O[C@@H](C)C(=O)NC(C)(C)CC(C)(C)C. The van der Waals surface area contributed by atoms with E-state index in [4.69, 9.17) is 4.74 Å². The molecule has 0 saturated carbocycles.